The van der Waals surface area contributed by atoms with Gasteiger partial charge in [0.25, 0.3) is 5.91 Å². The van der Waals surface area contributed by atoms with Crippen LogP contribution in [0, 0.1) is 20.8 Å². The van der Waals surface area contributed by atoms with E-state index < -0.39 is 6.03 Å². The van der Waals surface area contributed by atoms with E-state index >= 15 is 0 Å². The van der Waals surface area contributed by atoms with Crippen LogP contribution in [0.1, 0.15) is 28.1 Å². The molecule has 0 saturated carbocycles. The highest BCUT2D eigenvalue weighted by atomic mass is 35.5. The molecule has 3 heterocycles. The van der Waals surface area contributed by atoms with Gasteiger partial charge in [0, 0.05) is 22.6 Å². The second kappa shape index (κ2) is 7.80. The molecule has 6 nitrogen and oxygen atoms in total. The molecule has 2 aromatic heterocycles. The minimum atomic E-state index is -0.435. The molecule has 4 rings (SSSR count). The molecule has 1 aliphatic heterocycles. The fraction of sp³-hybridized carbons (Fsp3) is 0.174. The molecule has 1 aromatic carbocycles. The third kappa shape index (κ3) is 3.74. The lowest BCUT2D eigenvalue weighted by molar-refractivity contribution is -0.123. The molecule has 30 heavy (non-hydrogen) atoms. The van der Waals surface area contributed by atoms with Gasteiger partial charge < -0.3 is 9.88 Å². The number of aromatic nitrogens is 2. The van der Waals surface area contributed by atoms with Crippen molar-refractivity contribution in [3.05, 3.63) is 87.5 Å². The number of pyridine rings is 1. The number of benzene rings is 1. The lowest BCUT2D eigenvalue weighted by Crippen LogP contribution is -2.30. The van der Waals surface area contributed by atoms with Crippen molar-refractivity contribution in [2.45, 2.75) is 27.3 Å². The first kappa shape index (κ1) is 19.9. The van der Waals surface area contributed by atoms with Crippen LogP contribution in [-0.2, 0) is 11.3 Å². The van der Waals surface area contributed by atoms with Gasteiger partial charge >= 0.3 is 6.03 Å². The van der Waals surface area contributed by atoms with Gasteiger partial charge in [-0.05, 0) is 73.9 Å². The van der Waals surface area contributed by atoms with E-state index in [2.05, 4.69) is 10.3 Å². The fourth-order valence-electron chi connectivity index (χ4n) is 3.57. The molecule has 3 amide bonds. The van der Waals surface area contributed by atoms with E-state index in [9.17, 15) is 9.59 Å². The number of amides is 3. The molecule has 1 N–H and O–H groups in total. The standard InChI is InChI=1S/C23H21ClN4O2/c1-14-8-9-25-21(10-14)28-15(2)11-18(16(28)3)12-20-22(29)27(23(30)26-20)13-17-4-6-19(24)7-5-17/h4-12H,13H2,1-3H3,(H,26,30)/b20-12-. The summed E-state index contributed by atoms with van der Waals surface area (Å²) in [5, 5.41) is 3.29. The average molecular weight is 421 g/mol. The molecule has 0 radical (unpaired) electrons. The Morgan fingerprint density at radius 3 is 2.50 bits per heavy atom. The number of aryl methyl sites for hydroxylation is 2. The third-order valence-corrected chi connectivity index (χ3v) is 5.37. The zero-order chi connectivity index (χ0) is 21.4. The third-order valence-electron chi connectivity index (χ3n) is 5.12. The van der Waals surface area contributed by atoms with Crippen molar-refractivity contribution in [2.24, 2.45) is 0 Å². The van der Waals surface area contributed by atoms with E-state index in [0.29, 0.717) is 5.02 Å². The number of rotatable bonds is 4. The van der Waals surface area contributed by atoms with Crippen LogP contribution in [0.5, 0.6) is 0 Å². The lowest BCUT2D eigenvalue weighted by atomic mass is 10.2. The Hall–Kier alpha value is -3.38. The Morgan fingerprint density at radius 2 is 1.80 bits per heavy atom. The molecule has 0 atom stereocenters. The van der Waals surface area contributed by atoms with Gasteiger partial charge in [-0.3, -0.25) is 9.69 Å². The summed E-state index contributed by atoms with van der Waals surface area (Å²) in [5.41, 5.74) is 4.99. The average Bonchev–Trinajstić information content (AvgIpc) is 3.13. The van der Waals surface area contributed by atoms with Crippen LogP contribution in [0.3, 0.4) is 0 Å². The molecule has 1 aliphatic rings. The molecule has 152 valence electrons. The van der Waals surface area contributed by atoms with Gasteiger partial charge in [0.2, 0.25) is 0 Å². The number of nitrogens with one attached hydrogen (secondary N) is 1. The molecule has 1 fully saturated rings. The van der Waals surface area contributed by atoms with Crippen molar-refractivity contribution < 1.29 is 9.59 Å². The Kier molecular flexibility index (Phi) is 5.18. The number of hydrogen-bond donors (Lipinski definition) is 1. The van der Waals surface area contributed by atoms with Gasteiger partial charge in [0.1, 0.15) is 11.5 Å². The van der Waals surface area contributed by atoms with Crippen molar-refractivity contribution in [2.75, 3.05) is 0 Å². The minimum absolute atomic E-state index is 0.186. The van der Waals surface area contributed by atoms with Crippen molar-refractivity contribution in [1.82, 2.24) is 19.8 Å². The molecular formula is C23H21ClN4O2. The largest absolute Gasteiger partial charge is 0.329 e. The molecule has 0 bridgehead atoms. The SMILES string of the molecule is Cc1ccnc(-n2c(C)cc(/C=C3\NC(=O)N(Cc4ccc(Cl)cc4)C3=O)c2C)c1. The molecule has 0 unspecified atom stereocenters. The number of halogens is 1. The lowest BCUT2D eigenvalue weighted by Gasteiger charge is -2.11. The quantitative estimate of drug-likeness (QED) is 0.497. The maximum Gasteiger partial charge on any atom is 0.329 e. The number of carbonyl (C=O) groups is 2. The van der Waals surface area contributed by atoms with Gasteiger partial charge in [0.15, 0.2) is 0 Å². The van der Waals surface area contributed by atoms with Crippen LogP contribution in [-0.4, -0.2) is 26.4 Å². The second-order valence-corrected chi connectivity index (χ2v) is 7.80. The van der Waals surface area contributed by atoms with Crippen LogP contribution >= 0.6 is 11.6 Å². The smallest absolute Gasteiger partial charge is 0.303 e. The highest BCUT2D eigenvalue weighted by Crippen LogP contribution is 2.24. The van der Waals surface area contributed by atoms with Gasteiger partial charge in [-0.2, -0.15) is 0 Å². The van der Waals surface area contributed by atoms with Crippen molar-refractivity contribution in [3.8, 4) is 5.82 Å². The summed E-state index contributed by atoms with van der Waals surface area (Å²) in [7, 11) is 0. The van der Waals surface area contributed by atoms with E-state index in [1.807, 2.05) is 43.5 Å². The van der Waals surface area contributed by atoms with E-state index in [0.717, 1.165) is 33.9 Å². The first-order valence-corrected chi connectivity index (χ1v) is 9.92. The first-order chi connectivity index (χ1) is 14.3. The monoisotopic (exact) mass is 420 g/mol. The molecule has 7 heteroatoms. The topological polar surface area (TPSA) is 67.2 Å². The van der Waals surface area contributed by atoms with Crippen molar-refractivity contribution >= 4 is 29.6 Å². The summed E-state index contributed by atoms with van der Waals surface area (Å²) in [5.74, 6) is 0.467. The maximum absolute atomic E-state index is 12.8. The van der Waals surface area contributed by atoms with Crippen molar-refractivity contribution in [3.63, 3.8) is 0 Å². The Morgan fingerprint density at radius 1 is 1.07 bits per heavy atom. The number of nitrogens with zero attached hydrogens (tertiary/aromatic N) is 3. The van der Waals surface area contributed by atoms with Crippen LogP contribution < -0.4 is 5.32 Å². The summed E-state index contributed by atoms with van der Waals surface area (Å²) in [4.78, 5) is 30.9. The predicted octanol–water partition coefficient (Wildman–Crippen LogP) is 4.54. The van der Waals surface area contributed by atoms with Gasteiger partial charge in [0.05, 0.1) is 6.54 Å². The normalized spacial score (nSPS) is 15.2. The number of carbonyl (C=O) groups excluding carboxylic acids is 2. The fourth-order valence-corrected chi connectivity index (χ4v) is 3.70. The maximum atomic E-state index is 12.8. The molecule has 3 aromatic rings. The Bertz CT molecular complexity index is 1180. The van der Waals surface area contributed by atoms with Crippen molar-refractivity contribution in [1.29, 1.82) is 0 Å². The highest BCUT2D eigenvalue weighted by Gasteiger charge is 2.33. The molecular weight excluding hydrogens is 400 g/mol. The van der Waals surface area contributed by atoms with Crippen LogP contribution in [0.4, 0.5) is 4.79 Å². The Labute approximate surface area is 179 Å². The number of imide groups is 1. The summed E-state index contributed by atoms with van der Waals surface area (Å²) < 4.78 is 2.03. The Balaban J connectivity index is 1.62. The van der Waals surface area contributed by atoms with E-state index in [1.54, 1.807) is 36.5 Å². The number of hydrogen-bond acceptors (Lipinski definition) is 3. The van der Waals surface area contributed by atoms with E-state index in [1.165, 1.54) is 4.90 Å². The molecule has 0 aliphatic carbocycles. The van der Waals surface area contributed by atoms with Crippen LogP contribution in [0.25, 0.3) is 11.9 Å². The number of urea groups is 1. The van der Waals surface area contributed by atoms with E-state index in [-0.39, 0.29) is 18.1 Å². The summed E-state index contributed by atoms with van der Waals surface area (Å²) >= 11 is 5.91. The zero-order valence-electron chi connectivity index (χ0n) is 16.9. The molecule has 0 spiro atoms. The zero-order valence-corrected chi connectivity index (χ0v) is 17.7. The predicted molar refractivity (Wildman–Crippen MR) is 116 cm³/mol. The summed E-state index contributed by atoms with van der Waals surface area (Å²) in [6.07, 6.45) is 3.49. The van der Waals surface area contributed by atoms with E-state index in [4.69, 9.17) is 11.6 Å². The van der Waals surface area contributed by atoms with Crippen LogP contribution in [0.2, 0.25) is 5.02 Å². The van der Waals surface area contributed by atoms with Gasteiger partial charge in [-0.15, -0.1) is 0 Å². The van der Waals surface area contributed by atoms with Gasteiger partial charge in [-0.25, -0.2) is 9.78 Å². The minimum Gasteiger partial charge on any atom is -0.303 e. The van der Waals surface area contributed by atoms with Crippen LogP contribution in [0.15, 0.2) is 54.4 Å². The summed E-state index contributed by atoms with van der Waals surface area (Å²) in [6.45, 7) is 6.16. The first-order valence-electron chi connectivity index (χ1n) is 9.54. The molecule has 1 saturated heterocycles. The highest BCUT2D eigenvalue weighted by molar-refractivity contribution is 6.30. The van der Waals surface area contributed by atoms with Gasteiger partial charge in [-0.1, -0.05) is 23.7 Å². The summed E-state index contributed by atoms with van der Waals surface area (Å²) in [6, 6.07) is 12.6. The second-order valence-electron chi connectivity index (χ2n) is 7.36.